The maximum Gasteiger partial charge on any atom is 0.246 e. The molecule has 0 spiro atoms. The third kappa shape index (κ3) is 3.68. The van der Waals surface area contributed by atoms with Crippen LogP contribution in [0.2, 0.25) is 0 Å². The zero-order valence-electron chi connectivity index (χ0n) is 11.3. The van der Waals surface area contributed by atoms with Gasteiger partial charge in [0.2, 0.25) is 10.0 Å². The van der Waals surface area contributed by atoms with Gasteiger partial charge in [-0.3, -0.25) is 0 Å². The van der Waals surface area contributed by atoms with Gasteiger partial charge in [0.25, 0.3) is 0 Å². The van der Waals surface area contributed by atoms with Crippen LogP contribution in [0, 0.1) is 17.5 Å². The molecule has 0 amide bonds. The summed E-state index contributed by atoms with van der Waals surface area (Å²) in [5.74, 6) is -4.08. The molecule has 0 saturated carbocycles. The molecule has 2 rings (SSSR count). The van der Waals surface area contributed by atoms with E-state index in [4.69, 9.17) is 0 Å². The molecule has 0 aromatic heterocycles. The highest BCUT2D eigenvalue weighted by atomic mass is 35.5. The summed E-state index contributed by atoms with van der Waals surface area (Å²) in [6, 6.07) is 0.351. The van der Waals surface area contributed by atoms with Crippen LogP contribution >= 0.6 is 12.4 Å². The zero-order valence-corrected chi connectivity index (χ0v) is 12.9. The molecule has 120 valence electrons. The van der Waals surface area contributed by atoms with E-state index in [1.807, 2.05) is 0 Å². The number of hydrogen-bond donors (Lipinski definition) is 1. The van der Waals surface area contributed by atoms with Gasteiger partial charge in [0, 0.05) is 19.2 Å². The molecule has 0 unspecified atom stereocenters. The maximum absolute atomic E-state index is 13.6. The van der Waals surface area contributed by atoms with Gasteiger partial charge in [-0.15, -0.1) is 12.4 Å². The number of nitrogens with zero attached hydrogens (tertiary/aromatic N) is 1. The van der Waals surface area contributed by atoms with Crippen molar-refractivity contribution in [1.29, 1.82) is 0 Å². The van der Waals surface area contributed by atoms with Crippen molar-refractivity contribution in [2.75, 3.05) is 20.1 Å². The standard InChI is InChI=1S/C12H15F3N2O2S.ClH/c1-17(8-2-4-16-5-3-8)20(18,19)12-7-10(14)9(13)6-11(12)15;/h6-8,16H,2-5H2,1H3;1H. The van der Waals surface area contributed by atoms with Crippen LogP contribution < -0.4 is 5.32 Å². The average Bonchev–Trinajstić information content (AvgIpc) is 2.42. The molecule has 0 atom stereocenters. The van der Waals surface area contributed by atoms with Gasteiger partial charge in [0.05, 0.1) is 0 Å². The molecule has 1 fully saturated rings. The Balaban J connectivity index is 0.00000220. The largest absolute Gasteiger partial charge is 0.317 e. The predicted octanol–water partition coefficient (Wildman–Crippen LogP) is 1.90. The Hall–Kier alpha value is -0.830. The summed E-state index contributed by atoms with van der Waals surface area (Å²) < 4.78 is 65.3. The van der Waals surface area contributed by atoms with Gasteiger partial charge >= 0.3 is 0 Å². The Bertz CT molecular complexity index is 607. The smallest absolute Gasteiger partial charge is 0.246 e. The molecule has 0 bridgehead atoms. The van der Waals surface area contributed by atoms with Crippen LogP contribution in [-0.2, 0) is 10.0 Å². The highest BCUT2D eigenvalue weighted by molar-refractivity contribution is 7.89. The van der Waals surface area contributed by atoms with Gasteiger partial charge in [-0.25, -0.2) is 21.6 Å². The molecular formula is C12H16ClF3N2O2S. The van der Waals surface area contributed by atoms with Crippen LogP contribution in [0.25, 0.3) is 0 Å². The molecule has 1 aromatic carbocycles. The second kappa shape index (κ2) is 6.95. The van der Waals surface area contributed by atoms with E-state index in [1.165, 1.54) is 7.05 Å². The molecule has 21 heavy (non-hydrogen) atoms. The van der Waals surface area contributed by atoms with Crippen molar-refractivity contribution in [2.45, 2.75) is 23.8 Å². The number of piperidine rings is 1. The van der Waals surface area contributed by atoms with E-state index >= 15 is 0 Å². The summed E-state index contributed by atoms with van der Waals surface area (Å²) >= 11 is 0. The fourth-order valence-electron chi connectivity index (χ4n) is 2.22. The average molecular weight is 345 g/mol. The van der Waals surface area contributed by atoms with Gasteiger partial charge < -0.3 is 5.32 Å². The molecule has 9 heteroatoms. The summed E-state index contributed by atoms with van der Waals surface area (Å²) in [5.41, 5.74) is 0. The number of rotatable bonds is 3. The third-order valence-electron chi connectivity index (χ3n) is 3.45. The minimum atomic E-state index is -4.18. The molecule has 0 radical (unpaired) electrons. The topological polar surface area (TPSA) is 49.4 Å². The SMILES string of the molecule is CN(C1CCNCC1)S(=O)(=O)c1cc(F)c(F)cc1F.Cl. The first-order chi connectivity index (χ1) is 9.34. The van der Waals surface area contributed by atoms with Crippen molar-refractivity contribution in [2.24, 2.45) is 0 Å². The van der Waals surface area contributed by atoms with E-state index in [1.54, 1.807) is 0 Å². The summed E-state index contributed by atoms with van der Waals surface area (Å²) in [7, 11) is -2.86. The van der Waals surface area contributed by atoms with Crippen molar-refractivity contribution in [1.82, 2.24) is 9.62 Å². The minimum absolute atomic E-state index is 0. The Morgan fingerprint density at radius 3 is 2.19 bits per heavy atom. The number of nitrogens with one attached hydrogen (secondary N) is 1. The third-order valence-corrected chi connectivity index (χ3v) is 5.38. The fourth-order valence-corrected chi connectivity index (χ4v) is 3.70. The quantitative estimate of drug-likeness (QED) is 0.852. The molecule has 1 saturated heterocycles. The Labute approximate surface area is 127 Å². The second-order valence-corrected chi connectivity index (χ2v) is 6.67. The molecule has 1 N–H and O–H groups in total. The first-order valence-electron chi connectivity index (χ1n) is 6.17. The molecule has 1 heterocycles. The number of halogens is 4. The maximum atomic E-state index is 13.6. The number of hydrogen-bond acceptors (Lipinski definition) is 3. The summed E-state index contributed by atoms with van der Waals surface area (Å²) in [6.07, 6.45) is 1.17. The van der Waals surface area contributed by atoms with Crippen molar-refractivity contribution >= 4 is 22.4 Å². The Morgan fingerprint density at radius 2 is 1.62 bits per heavy atom. The van der Waals surface area contributed by atoms with E-state index in [9.17, 15) is 21.6 Å². The van der Waals surface area contributed by atoms with Gasteiger partial charge in [-0.05, 0) is 32.0 Å². The van der Waals surface area contributed by atoms with Gasteiger partial charge in [-0.1, -0.05) is 0 Å². The molecule has 1 aromatic rings. The van der Waals surface area contributed by atoms with Gasteiger partial charge in [0.1, 0.15) is 10.7 Å². The van der Waals surface area contributed by atoms with E-state index < -0.39 is 32.4 Å². The van der Waals surface area contributed by atoms with Gasteiger partial charge in [-0.2, -0.15) is 4.31 Å². The number of benzene rings is 1. The Kier molecular flexibility index (Phi) is 6.03. The van der Waals surface area contributed by atoms with Crippen LogP contribution in [-0.4, -0.2) is 38.9 Å². The van der Waals surface area contributed by atoms with E-state index in [0.29, 0.717) is 32.0 Å². The summed E-state index contributed by atoms with van der Waals surface area (Å²) in [5, 5.41) is 3.08. The highest BCUT2D eigenvalue weighted by Gasteiger charge is 2.32. The minimum Gasteiger partial charge on any atom is -0.317 e. The van der Waals surface area contributed by atoms with Crippen LogP contribution in [0.3, 0.4) is 0 Å². The van der Waals surface area contributed by atoms with E-state index in [0.717, 1.165) is 4.31 Å². The lowest BCUT2D eigenvalue weighted by molar-refractivity contribution is 0.295. The molecule has 1 aliphatic rings. The van der Waals surface area contributed by atoms with Crippen molar-refractivity contribution in [3.63, 3.8) is 0 Å². The van der Waals surface area contributed by atoms with Gasteiger partial charge in [0.15, 0.2) is 11.6 Å². The fraction of sp³-hybridized carbons (Fsp3) is 0.500. The monoisotopic (exact) mass is 344 g/mol. The Morgan fingerprint density at radius 1 is 1.10 bits per heavy atom. The van der Waals surface area contributed by atoms with Crippen LogP contribution in [0.4, 0.5) is 13.2 Å². The zero-order chi connectivity index (χ0) is 14.9. The van der Waals surface area contributed by atoms with E-state index in [2.05, 4.69) is 5.32 Å². The lowest BCUT2D eigenvalue weighted by atomic mass is 10.1. The van der Waals surface area contributed by atoms with E-state index in [-0.39, 0.29) is 24.5 Å². The molecule has 1 aliphatic heterocycles. The first-order valence-corrected chi connectivity index (χ1v) is 7.61. The first kappa shape index (κ1) is 18.2. The van der Waals surface area contributed by atoms with Crippen LogP contribution in [0.15, 0.2) is 17.0 Å². The van der Waals surface area contributed by atoms with Crippen molar-refractivity contribution in [3.8, 4) is 0 Å². The van der Waals surface area contributed by atoms with Crippen molar-refractivity contribution in [3.05, 3.63) is 29.6 Å². The summed E-state index contributed by atoms with van der Waals surface area (Å²) in [6.45, 7) is 1.32. The molecule has 0 aliphatic carbocycles. The van der Waals surface area contributed by atoms with Crippen LogP contribution in [0.5, 0.6) is 0 Å². The number of sulfonamides is 1. The molecule has 4 nitrogen and oxygen atoms in total. The lowest BCUT2D eigenvalue weighted by Gasteiger charge is -2.30. The highest BCUT2D eigenvalue weighted by Crippen LogP contribution is 2.24. The normalized spacial score (nSPS) is 16.8. The predicted molar refractivity (Wildman–Crippen MR) is 74.4 cm³/mol. The van der Waals surface area contributed by atoms with Crippen LogP contribution in [0.1, 0.15) is 12.8 Å². The lowest BCUT2D eigenvalue weighted by Crippen LogP contribution is -2.44. The second-order valence-electron chi connectivity index (χ2n) is 4.70. The van der Waals surface area contributed by atoms with Crippen molar-refractivity contribution < 1.29 is 21.6 Å². The molecular weight excluding hydrogens is 329 g/mol. The summed E-state index contributed by atoms with van der Waals surface area (Å²) in [4.78, 5) is -0.836.